The molecule has 0 radical (unpaired) electrons. The highest BCUT2D eigenvalue weighted by atomic mass is 19.1. The molecule has 0 saturated carbocycles. The Morgan fingerprint density at radius 3 is 3.04 bits per heavy atom. The molecule has 24 heavy (non-hydrogen) atoms. The first-order valence-electron chi connectivity index (χ1n) is 8.08. The summed E-state index contributed by atoms with van der Waals surface area (Å²) in [4.78, 5) is 26.0. The largest absolute Gasteiger partial charge is 0.376 e. The Morgan fingerprint density at radius 2 is 2.33 bits per heavy atom. The molecule has 4 heterocycles. The number of carbonyl (C=O) groups is 1. The van der Waals surface area contributed by atoms with Crippen LogP contribution in [-0.4, -0.2) is 56.9 Å². The van der Waals surface area contributed by atoms with Crippen molar-refractivity contribution in [2.45, 2.75) is 37.6 Å². The maximum Gasteiger partial charge on any atom is 0.257 e. The number of rotatable bonds is 4. The number of alkyl halides is 1. The van der Waals surface area contributed by atoms with E-state index >= 15 is 0 Å². The second-order valence-corrected chi connectivity index (χ2v) is 6.40. The van der Waals surface area contributed by atoms with Crippen LogP contribution in [0.5, 0.6) is 0 Å². The Morgan fingerprint density at radius 1 is 1.46 bits per heavy atom. The molecule has 4 rings (SSSR count). The standard InChI is InChI=1S/C15H19FN6O2/c16-15(14(17)23)3-4-21(7-15)12-11-13(19-8-18-12)22(9-20-11)6-10-2-1-5-24-10/h8-10H,1-7H2,(H2,17,23). The molecule has 2 aliphatic heterocycles. The van der Waals surface area contributed by atoms with Crippen LogP contribution in [0.3, 0.4) is 0 Å². The van der Waals surface area contributed by atoms with Gasteiger partial charge < -0.3 is 19.9 Å². The monoisotopic (exact) mass is 334 g/mol. The maximum absolute atomic E-state index is 14.4. The second-order valence-electron chi connectivity index (χ2n) is 6.40. The highest BCUT2D eigenvalue weighted by Crippen LogP contribution is 2.31. The molecular formula is C15H19FN6O2. The van der Waals surface area contributed by atoms with Crippen LogP contribution in [0, 0.1) is 0 Å². The van der Waals surface area contributed by atoms with Crippen LogP contribution in [0.1, 0.15) is 19.3 Å². The summed E-state index contributed by atoms with van der Waals surface area (Å²) in [5.74, 6) is -0.397. The van der Waals surface area contributed by atoms with Crippen LogP contribution in [0.15, 0.2) is 12.7 Å². The van der Waals surface area contributed by atoms with Gasteiger partial charge in [0.15, 0.2) is 17.0 Å². The third kappa shape index (κ3) is 2.48. The number of hydrogen-bond donors (Lipinski definition) is 1. The van der Waals surface area contributed by atoms with Crippen molar-refractivity contribution in [1.29, 1.82) is 0 Å². The summed E-state index contributed by atoms with van der Waals surface area (Å²) in [6.07, 6.45) is 5.46. The zero-order valence-electron chi connectivity index (χ0n) is 13.2. The Bertz CT molecular complexity index is 774. The summed E-state index contributed by atoms with van der Waals surface area (Å²) in [5, 5.41) is 0. The molecule has 0 bridgehead atoms. The van der Waals surface area contributed by atoms with Gasteiger partial charge in [0.25, 0.3) is 5.91 Å². The topological polar surface area (TPSA) is 99.2 Å². The van der Waals surface area contributed by atoms with Crippen LogP contribution in [0.2, 0.25) is 0 Å². The first kappa shape index (κ1) is 15.3. The Kier molecular flexibility index (Phi) is 3.60. The van der Waals surface area contributed by atoms with Crippen molar-refractivity contribution in [2.24, 2.45) is 5.73 Å². The first-order valence-corrected chi connectivity index (χ1v) is 8.08. The minimum Gasteiger partial charge on any atom is -0.376 e. The highest BCUT2D eigenvalue weighted by molar-refractivity contribution is 5.87. The summed E-state index contributed by atoms with van der Waals surface area (Å²) >= 11 is 0. The van der Waals surface area contributed by atoms with E-state index in [1.165, 1.54) is 6.33 Å². The molecule has 0 aliphatic carbocycles. The van der Waals surface area contributed by atoms with Gasteiger partial charge in [-0.25, -0.2) is 19.3 Å². The van der Waals surface area contributed by atoms with Crippen molar-refractivity contribution in [2.75, 3.05) is 24.6 Å². The molecular weight excluding hydrogens is 315 g/mol. The van der Waals surface area contributed by atoms with E-state index in [0.717, 1.165) is 19.4 Å². The number of nitrogens with zero attached hydrogens (tertiary/aromatic N) is 5. The van der Waals surface area contributed by atoms with Gasteiger partial charge >= 0.3 is 0 Å². The lowest BCUT2D eigenvalue weighted by Crippen LogP contribution is -2.42. The van der Waals surface area contributed by atoms with E-state index in [1.807, 2.05) is 4.57 Å². The van der Waals surface area contributed by atoms with Crippen molar-refractivity contribution in [3.05, 3.63) is 12.7 Å². The van der Waals surface area contributed by atoms with Crippen LogP contribution < -0.4 is 10.6 Å². The number of imidazole rings is 1. The van der Waals surface area contributed by atoms with Crippen molar-refractivity contribution in [1.82, 2.24) is 19.5 Å². The fourth-order valence-electron chi connectivity index (χ4n) is 3.40. The average molecular weight is 334 g/mol. The van der Waals surface area contributed by atoms with Gasteiger partial charge in [-0.05, 0) is 12.8 Å². The predicted molar refractivity (Wildman–Crippen MR) is 84.2 cm³/mol. The number of nitrogens with two attached hydrogens (primary N) is 1. The lowest BCUT2D eigenvalue weighted by molar-refractivity contribution is -0.128. The van der Waals surface area contributed by atoms with Gasteiger partial charge in [0.2, 0.25) is 5.67 Å². The zero-order chi connectivity index (χ0) is 16.7. The number of hydrogen-bond acceptors (Lipinski definition) is 6. The average Bonchev–Trinajstić information content (AvgIpc) is 3.29. The van der Waals surface area contributed by atoms with Gasteiger partial charge in [-0.15, -0.1) is 0 Å². The Labute approximate surface area is 137 Å². The Hall–Kier alpha value is -2.29. The molecule has 0 spiro atoms. The summed E-state index contributed by atoms with van der Waals surface area (Å²) < 4.78 is 22.0. The zero-order valence-corrected chi connectivity index (χ0v) is 13.2. The molecule has 2 fully saturated rings. The number of anilines is 1. The van der Waals surface area contributed by atoms with Crippen molar-refractivity contribution in [3.63, 3.8) is 0 Å². The molecule has 0 aromatic carbocycles. The van der Waals surface area contributed by atoms with Gasteiger partial charge in [0.1, 0.15) is 6.33 Å². The number of amides is 1. The van der Waals surface area contributed by atoms with Gasteiger partial charge in [-0.1, -0.05) is 0 Å². The molecule has 2 aromatic heterocycles. The third-order valence-corrected chi connectivity index (χ3v) is 4.77. The van der Waals surface area contributed by atoms with E-state index in [-0.39, 0.29) is 19.1 Å². The lowest BCUT2D eigenvalue weighted by Gasteiger charge is -2.19. The Balaban J connectivity index is 1.63. The van der Waals surface area contributed by atoms with E-state index in [2.05, 4.69) is 15.0 Å². The highest BCUT2D eigenvalue weighted by Gasteiger charge is 2.44. The number of aromatic nitrogens is 4. The van der Waals surface area contributed by atoms with Crippen LogP contribution in [-0.2, 0) is 16.1 Å². The molecule has 2 saturated heterocycles. The van der Waals surface area contributed by atoms with E-state index in [0.29, 0.717) is 30.1 Å². The van der Waals surface area contributed by atoms with Gasteiger partial charge in [0.05, 0.1) is 25.5 Å². The maximum atomic E-state index is 14.4. The minimum atomic E-state index is -2.02. The van der Waals surface area contributed by atoms with E-state index in [4.69, 9.17) is 10.5 Å². The van der Waals surface area contributed by atoms with Crippen molar-refractivity contribution in [3.8, 4) is 0 Å². The molecule has 2 aliphatic rings. The number of fused-ring (bicyclic) bond motifs is 1. The molecule has 8 nitrogen and oxygen atoms in total. The van der Waals surface area contributed by atoms with Crippen LogP contribution in [0.4, 0.5) is 10.2 Å². The van der Waals surface area contributed by atoms with E-state index in [1.54, 1.807) is 11.2 Å². The van der Waals surface area contributed by atoms with E-state index < -0.39 is 11.6 Å². The molecule has 2 unspecified atom stereocenters. The molecule has 2 atom stereocenters. The molecule has 2 N–H and O–H groups in total. The quantitative estimate of drug-likeness (QED) is 0.869. The second kappa shape index (κ2) is 5.66. The number of halogens is 1. The smallest absolute Gasteiger partial charge is 0.257 e. The summed E-state index contributed by atoms with van der Waals surface area (Å²) in [6.45, 7) is 1.73. The normalized spacial score (nSPS) is 27.2. The van der Waals surface area contributed by atoms with Gasteiger partial charge in [-0.2, -0.15) is 0 Å². The predicted octanol–water partition coefficient (Wildman–Crippen LogP) is 0.409. The number of primary amides is 1. The fourth-order valence-corrected chi connectivity index (χ4v) is 3.40. The summed E-state index contributed by atoms with van der Waals surface area (Å²) in [7, 11) is 0. The van der Waals surface area contributed by atoms with E-state index in [9.17, 15) is 9.18 Å². The minimum absolute atomic E-state index is 0.0600. The lowest BCUT2D eigenvalue weighted by atomic mass is 10.1. The number of ether oxygens (including phenoxy) is 1. The van der Waals surface area contributed by atoms with Gasteiger partial charge in [0, 0.05) is 19.6 Å². The summed E-state index contributed by atoms with van der Waals surface area (Å²) in [6, 6.07) is 0. The van der Waals surface area contributed by atoms with Crippen LogP contribution >= 0.6 is 0 Å². The summed E-state index contributed by atoms with van der Waals surface area (Å²) in [5.41, 5.74) is 4.44. The SMILES string of the molecule is NC(=O)C1(F)CCN(c2ncnc3c2ncn3CC2CCCO2)C1. The van der Waals surface area contributed by atoms with Crippen molar-refractivity contribution >= 4 is 22.9 Å². The first-order chi connectivity index (χ1) is 11.6. The molecule has 1 amide bonds. The molecule has 2 aromatic rings. The third-order valence-electron chi connectivity index (χ3n) is 4.77. The van der Waals surface area contributed by atoms with Crippen molar-refractivity contribution < 1.29 is 13.9 Å². The van der Waals surface area contributed by atoms with Crippen LogP contribution in [0.25, 0.3) is 11.2 Å². The molecule has 128 valence electrons. The van der Waals surface area contributed by atoms with Gasteiger partial charge in [-0.3, -0.25) is 4.79 Å². The fraction of sp³-hybridized carbons (Fsp3) is 0.600. The number of carbonyl (C=O) groups excluding carboxylic acids is 1. The molecule has 9 heteroatoms.